The van der Waals surface area contributed by atoms with Crippen molar-refractivity contribution in [3.63, 3.8) is 0 Å². The molecule has 1 saturated heterocycles. The fourth-order valence-electron chi connectivity index (χ4n) is 3.43. The topological polar surface area (TPSA) is 78.0 Å². The largest absolute Gasteiger partial charge is 0.469 e. The van der Waals surface area contributed by atoms with Gasteiger partial charge in [-0.1, -0.05) is 0 Å². The third kappa shape index (κ3) is 2.82. The van der Waals surface area contributed by atoms with Gasteiger partial charge in [0.15, 0.2) is 18.3 Å². The van der Waals surface area contributed by atoms with Crippen molar-refractivity contribution in [2.45, 2.75) is 19.0 Å². The Bertz CT molecular complexity index is 785. The van der Waals surface area contributed by atoms with Crippen molar-refractivity contribution < 1.29 is 14.3 Å². The number of amides is 2. The lowest BCUT2D eigenvalue weighted by Gasteiger charge is -2.28. The summed E-state index contributed by atoms with van der Waals surface area (Å²) < 4.78 is 5.75. The van der Waals surface area contributed by atoms with E-state index in [4.69, 9.17) is 4.74 Å². The second-order valence-corrected chi connectivity index (χ2v) is 6.44. The molecule has 0 aromatic carbocycles. The Balaban J connectivity index is 1.57. The standard InChI is InChI=1S/C18H21N5O3/c1-19-16-9-14(4-7-22(16)11-24)23-12-26-15-8-13(10-20-17(15)23)18(25)21-5-2-3-6-21/h4,7-11,16,19H,2-3,5-6,12H2,1H3. The fraction of sp³-hybridized carbons (Fsp3) is 0.389. The molecule has 3 aliphatic rings. The normalized spacial score (nSPS) is 21.5. The fourth-order valence-corrected chi connectivity index (χ4v) is 3.43. The van der Waals surface area contributed by atoms with Gasteiger partial charge in [0.25, 0.3) is 5.91 Å². The van der Waals surface area contributed by atoms with Crippen LogP contribution in [0.15, 0.2) is 36.3 Å². The van der Waals surface area contributed by atoms with Gasteiger partial charge in [0.1, 0.15) is 6.17 Å². The molecular formula is C18H21N5O3. The molecule has 4 rings (SSSR count). The Morgan fingerprint density at radius 1 is 1.38 bits per heavy atom. The number of pyridine rings is 1. The molecular weight excluding hydrogens is 334 g/mol. The molecule has 136 valence electrons. The summed E-state index contributed by atoms with van der Waals surface area (Å²) in [4.78, 5) is 33.4. The van der Waals surface area contributed by atoms with Crippen LogP contribution >= 0.6 is 0 Å². The number of aromatic nitrogens is 1. The Hall–Kier alpha value is -2.87. The van der Waals surface area contributed by atoms with Crippen LogP contribution in [0.4, 0.5) is 5.82 Å². The monoisotopic (exact) mass is 355 g/mol. The Labute approximate surface area is 151 Å². The maximum absolute atomic E-state index is 12.5. The Morgan fingerprint density at radius 2 is 2.19 bits per heavy atom. The quantitative estimate of drug-likeness (QED) is 0.809. The molecule has 0 radical (unpaired) electrons. The van der Waals surface area contributed by atoms with E-state index in [1.54, 1.807) is 25.5 Å². The first kappa shape index (κ1) is 16.6. The maximum atomic E-state index is 12.5. The van der Waals surface area contributed by atoms with Gasteiger partial charge in [0.2, 0.25) is 6.41 Å². The molecule has 2 amide bonds. The van der Waals surface area contributed by atoms with Gasteiger partial charge >= 0.3 is 0 Å². The summed E-state index contributed by atoms with van der Waals surface area (Å²) >= 11 is 0. The summed E-state index contributed by atoms with van der Waals surface area (Å²) in [6, 6.07) is 1.77. The van der Waals surface area contributed by atoms with Crippen LogP contribution in [0.25, 0.3) is 0 Å². The third-order valence-electron chi connectivity index (χ3n) is 4.87. The van der Waals surface area contributed by atoms with Crippen molar-refractivity contribution in [1.29, 1.82) is 0 Å². The predicted octanol–water partition coefficient (Wildman–Crippen LogP) is 0.889. The number of nitrogens with one attached hydrogen (secondary N) is 1. The summed E-state index contributed by atoms with van der Waals surface area (Å²) in [6.07, 6.45) is 9.75. The van der Waals surface area contributed by atoms with Gasteiger partial charge in [-0.3, -0.25) is 19.8 Å². The zero-order valence-electron chi connectivity index (χ0n) is 14.6. The van der Waals surface area contributed by atoms with Gasteiger partial charge in [0, 0.05) is 31.2 Å². The summed E-state index contributed by atoms with van der Waals surface area (Å²) in [5.41, 5.74) is 1.44. The second-order valence-electron chi connectivity index (χ2n) is 6.44. The molecule has 0 aliphatic carbocycles. The summed E-state index contributed by atoms with van der Waals surface area (Å²) in [6.45, 7) is 1.93. The first-order valence-electron chi connectivity index (χ1n) is 8.71. The van der Waals surface area contributed by atoms with E-state index in [2.05, 4.69) is 10.3 Å². The highest BCUT2D eigenvalue weighted by Crippen LogP contribution is 2.36. The van der Waals surface area contributed by atoms with Crippen molar-refractivity contribution in [1.82, 2.24) is 20.1 Å². The van der Waals surface area contributed by atoms with Crippen LogP contribution in [0.5, 0.6) is 5.75 Å². The van der Waals surface area contributed by atoms with Gasteiger partial charge in [0.05, 0.1) is 5.56 Å². The number of allylic oxidation sites excluding steroid dienone is 1. The average Bonchev–Trinajstić information content (AvgIpc) is 3.36. The molecule has 26 heavy (non-hydrogen) atoms. The van der Waals surface area contributed by atoms with E-state index < -0.39 is 0 Å². The van der Waals surface area contributed by atoms with Gasteiger partial charge in [-0.25, -0.2) is 4.98 Å². The van der Waals surface area contributed by atoms with Crippen LogP contribution in [0, 0.1) is 0 Å². The molecule has 1 unspecified atom stereocenters. The minimum atomic E-state index is -0.229. The number of likely N-dealkylation sites (tertiary alicyclic amines) is 1. The van der Waals surface area contributed by atoms with Crippen LogP contribution in [0.3, 0.4) is 0 Å². The highest BCUT2D eigenvalue weighted by molar-refractivity contribution is 5.95. The average molecular weight is 355 g/mol. The number of hydrogen-bond donors (Lipinski definition) is 1. The molecule has 1 atom stereocenters. The molecule has 3 aliphatic heterocycles. The van der Waals surface area contributed by atoms with E-state index in [0.29, 0.717) is 23.9 Å². The lowest BCUT2D eigenvalue weighted by atomic mass is 10.2. The van der Waals surface area contributed by atoms with Crippen LogP contribution in [-0.2, 0) is 4.79 Å². The van der Waals surface area contributed by atoms with Crippen molar-refractivity contribution in [3.8, 4) is 5.75 Å². The molecule has 1 N–H and O–H groups in total. The van der Waals surface area contributed by atoms with E-state index >= 15 is 0 Å². The molecule has 4 heterocycles. The second kappa shape index (κ2) is 6.80. The number of carbonyl (C=O) groups excluding carboxylic acids is 2. The molecule has 8 nitrogen and oxygen atoms in total. The van der Waals surface area contributed by atoms with E-state index in [0.717, 1.165) is 38.0 Å². The molecule has 0 bridgehead atoms. The van der Waals surface area contributed by atoms with E-state index in [1.807, 2.05) is 22.0 Å². The van der Waals surface area contributed by atoms with Crippen LogP contribution < -0.4 is 15.0 Å². The third-order valence-corrected chi connectivity index (χ3v) is 4.87. The summed E-state index contributed by atoms with van der Waals surface area (Å²) in [5, 5.41) is 3.07. The molecule has 0 spiro atoms. The van der Waals surface area contributed by atoms with Crippen molar-refractivity contribution >= 4 is 18.1 Å². The van der Waals surface area contributed by atoms with Gasteiger partial charge in [-0.05, 0) is 38.1 Å². The van der Waals surface area contributed by atoms with Gasteiger partial charge in [-0.15, -0.1) is 0 Å². The molecule has 0 saturated carbocycles. The number of hydrogen-bond acceptors (Lipinski definition) is 6. The molecule has 1 fully saturated rings. The Kier molecular flexibility index (Phi) is 4.34. The molecule has 8 heteroatoms. The zero-order chi connectivity index (χ0) is 18.1. The number of anilines is 1. The van der Waals surface area contributed by atoms with Crippen LogP contribution in [0.1, 0.15) is 23.2 Å². The van der Waals surface area contributed by atoms with Crippen molar-refractivity contribution in [2.24, 2.45) is 0 Å². The first-order chi connectivity index (χ1) is 12.7. The van der Waals surface area contributed by atoms with Crippen molar-refractivity contribution in [3.05, 3.63) is 41.9 Å². The summed E-state index contributed by atoms with van der Waals surface area (Å²) in [5.74, 6) is 1.28. The number of rotatable bonds is 4. The minimum absolute atomic E-state index is 0.00787. The van der Waals surface area contributed by atoms with E-state index in [-0.39, 0.29) is 12.1 Å². The smallest absolute Gasteiger partial charge is 0.255 e. The lowest BCUT2D eigenvalue weighted by Crippen LogP contribution is -2.41. The zero-order valence-corrected chi connectivity index (χ0v) is 14.6. The maximum Gasteiger partial charge on any atom is 0.255 e. The van der Waals surface area contributed by atoms with Gasteiger partial charge < -0.3 is 14.5 Å². The number of ether oxygens (including phenoxy) is 1. The lowest BCUT2D eigenvalue weighted by molar-refractivity contribution is -0.117. The highest BCUT2D eigenvalue weighted by atomic mass is 16.5. The van der Waals surface area contributed by atoms with E-state index in [9.17, 15) is 9.59 Å². The van der Waals surface area contributed by atoms with E-state index in [1.165, 1.54) is 4.90 Å². The SMILES string of the molecule is CNC1C=C(N2COc3cc(C(=O)N4CCCC4)cnc32)C=CN1C=O. The minimum Gasteiger partial charge on any atom is -0.469 e. The number of likely N-dealkylation sites (N-methyl/N-ethyl adjacent to an activating group) is 1. The summed E-state index contributed by atoms with van der Waals surface area (Å²) in [7, 11) is 1.79. The number of nitrogens with zero attached hydrogens (tertiary/aromatic N) is 4. The van der Waals surface area contributed by atoms with Crippen LogP contribution in [-0.4, -0.2) is 60.1 Å². The Morgan fingerprint density at radius 3 is 2.92 bits per heavy atom. The molecule has 1 aromatic heterocycles. The van der Waals surface area contributed by atoms with Gasteiger partial charge in [-0.2, -0.15) is 0 Å². The molecule has 1 aromatic rings. The van der Waals surface area contributed by atoms with Crippen molar-refractivity contribution in [2.75, 3.05) is 31.8 Å². The predicted molar refractivity (Wildman–Crippen MR) is 95.3 cm³/mol. The highest BCUT2D eigenvalue weighted by Gasteiger charge is 2.29. The number of carbonyl (C=O) groups is 2. The van der Waals surface area contributed by atoms with Crippen LogP contribution in [0.2, 0.25) is 0 Å². The first-order valence-corrected chi connectivity index (χ1v) is 8.71. The number of fused-ring (bicyclic) bond motifs is 1.